The Morgan fingerprint density at radius 2 is 2.50 bits per heavy atom. The third kappa shape index (κ3) is 2.72. The molecule has 0 amide bonds. The van der Waals surface area contributed by atoms with E-state index in [1.807, 2.05) is 6.08 Å². The summed E-state index contributed by atoms with van der Waals surface area (Å²) in [7, 11) is 0. The van der Waals surface area contributed by atoms with Crippen LogP contribution >= 0.6 is 0 Å². The fourth-order valence-corrected chi connectivity index (χ4v) is 2.02. The maximum Gasteiger partial charge on any atom is 0.00454 e. The standard InChI is InChI=1S/C11H19N/c1-3-4-5-10-6-9(2)7-11(12)8-10/h3,7,9-10H,1,4-6,8,12H2,2H3. The van der Waals surface area contributed by atoms with Gasteiger partial charge in [-0.25, -0.2) is 0 Å². The van der Waals surface area contributed by atoms with Gasteiger partial charge in [-0.1, -0.05) is 19.1 Å². The monoisotopic (exact) mass is 165 g/mol. The van der Waals surface area contributed by atoms with E-state index in [-0.39, 0.29) is 0 Å². The molecule has 2 atom stereocenters. The molecular formula is C11H19N. The van der Waals surface area contributed by atoms with Gasteiger partial charge in [0.1, 0.15) is 0 Å². The van der Waals surface area contributed by atoms with Gasteiger partial charge in [0.2, 0.25) is 0 Å². The van der Waals surface area contributed by atoms with Crippen molar-refractivity contribution in [3.8, 4) is 0 Å². The average Bonchev–Trinajstić information content (AvgIpc) is 1.99. The van der Waals surface area contributed by atoms with E-state index >= 15 is 0 Å². The molecule has 0 saturated heterocycles. The van der Waals surface area contributed by atoms with E-state index in [9.17, 15) is 0 Å². The Hall–Kier alpha value is -0.720. The lowest BCUT2D eigenvalue weighted by Crippen LogP contribution is -2.16. The normalized spacial score (nSPS) is 29.6. The van der Waals surface area contributed by atoms with Gasteiger partial charge in [0.25, 0.3) is 0 Å². The van der Waals surface area contributed by atoms with Crippen molar-refractivity contribution >= 4 is 0 Å². The Balaban J connectivity index is 2.38. The van der Waals surface area contributed by atoms with Crippen molar-refractivity contribution in [1.82, 2.24) is 0 Å². The van der Waals surface area contributed by atoms with E-state index in [1.165, 1.54) is 12.8 Å². The molecule has 1 aliphatic rings. The quantitative estimate of drug-likeness (QED) is 0.639. The van der Waals surface area contributed by atoms with Crippen molar-refractivity contribution in [3.05, 3.63) is 24.4 Å². The SMILES string of the molecule is C=CCCC1CC(N)=CC(C)C1. The van der Waals surface area contributed by atoms with Crippen LogP contribution in [0.1, 0.15) is 32.6 Å². The van der Waals surface area contributed by atoms with Gasteiger partial charge < -0.3 is 5.73 Å². The first-order valence-electron chi connectivity index (χ1n) is 4.79. The maximum atomic E-state index is 5.82. The first kappa shape index (κ1) is 9.37. The molecule has 1 aliphatic carbocycles. The van der Waals surface area contributed by atoms with E-state index in [2.05, 4.69) is 19.6 Å². The third-order valence-corrected chi connectivity index (χ3v) is 2.51. The van der Waals surface area contributed by atoms with Crippen LogP contribution in [0.2, 0.25) is 0 Å². The highest BCUT2D eigenvalue weighted by Crippen LogP contribution is 2.28. The summed E-state index contributed by atoms with van der Waals surface area (Å²) in [5.41, 5.74) is 6.91. The Morgan fingerprint density at radius 1 is 1.75 bits per heavy atom. The van der Waals surface area contributed by atoms with Crippen LogP contribution < -0.4 is 5.73 Å². The highest BCUT2D eigenvalue weighted by molar-refractivity contribution is 5.04. The van der Waals surface area contributed by atoms with Crippen molar-refractivity contribution in [2.45, 2.75) is 32.6 Å². The Kier molecular flexibility index (Phi) is 3.39. The molecule has 0 saturated carbocycles. The molecular weight excluding hydrogens is 146 g/mol. The van der Waals surface area contributed by atoms with Gasteiger partial charge >= 0.3 is 0 Å². The Morgan fingerprint density at radius 3 is 3.08 bits per heavy atom. The van der Waals surface area contributed by atoms with Crippen molar-refractivity contribution in [2.75, 3.05) is 0 Å². The van der Waals surface area contributed by atoms with E-state index in [4.69, 9.17) is 5.73 Å². The summed E-state index contributed by atoms with van der Waals surface area (Å²) in [4.78, 5) is 0. The highest BCUT2D eigenvalue weighted by atomic mass is 14.6. The van der Waals surface area contributed by atoms with Crippen LogP contribution in [0.3, 0.4) is 0 Å². The van der Waals surface area contributed by atoms with Crippen molar-refractivity contribution in [3.63, 3.8) is 0 Å². The number of hydrogen-bond donors (Lipinski definition) is 1. The molecule has 12 heavy (non-hydrogen) atoms. The molecule has 1 nitrogen and oxygen atoms in total. The summed E-state index contributed by atoms with van der Waals surface area (Å²) in [6.07, 6.45) is 8.98. The van der Waals surface area contributed by atoms with Crippen molar-refractivity contribution in [2.24, 2.45) is 17.6 Å². The minimum Gasteiger partial charge on any atom is -0.402 e. The maximum absolute atomic E-state index is 5.82. The number of hydrogen-bond acceptors (Lipinski definition) is 1. The predicted octanol–water partition coefficient (Wildman–Crippen LogP) is 2.84. The molecule has 0 aromatic carbocycles. The number of allylic oxidation sites excluding steroid dienone is 3. The van der Waals surface area contributed by atoms with Gasteiger partial charge in [-0.15, -0.1) is 6.58 Å². The largest absolute Gasteiger partial charge is 0.402 e. The molecule has 68 valence electrons. The first-order valence-corrected chi connectivity index (χ1v) is 4.79. The Bertz CT molecular complexity index is 181. The van der Waals surface area contributed by atoms with Crippen LogP contribution in [-0.4, -0.2) is 0 Å². The van der Waals surface area contributed by atoms with E-state index in [1.54, 1.807) is 0 Å². The van der Waals surface area contributed by atoms with Gasteiger partial charge in [-0.2, -0.15) is 0 Å². The third-order valence-electron chi connectivity index (χ3n) is 2.51. The molecule has 0 aromatic heterocycles. The lowest BCUT2D eigenvalue weighted by atomic mass is 9.83. The highest BCUT2D eigenvalue weighted by Gasteiger charge is 2.17. The summed E-state index contributed by atoms with van der Waals surface area (Å²) in [5.74, 6) is 1.47. The lowest BCUT2D eigenvalue weighted by molar-refractivity contribution is 0.381. The van der Waals surface area contributed by atoms with Gasteiger partial charge in [-0.3, -0.25) is 0 Å². The summed E-state index contributed by atoms with van der Waals surface area (Å²) in [5, 5.41) is 0. The molecule has 0 aromatic rings. The van der Waals surface area contributed by atoms with Gasteiger partial charge in [-0.05, 0) is 37.5 Å². The lowest BCUT2D eigenvalue weighted by Gasteiger charge is -2.24. The second-order valence-electron chi connectivity index (χ2n) is 3.89. The second kappa shape index (κ2) is 4.34. The first-order chi connectivity index (χ1) is 5.72. The van der Waals surface area contributed by atoms with Gasteiger partial charge in [0, 0.05) is 5.70 Å². The average molecular weight is 165 g/mol. The zero-order valence-corrected chi connectivity index (χ0v) is 7.92. The molecule has 1 heteroatoms. The summed E-state index contributed by atoms with van der Waals surface area (Å²) < 4.78 is 0. The number of rotatable bonds is 3. The molecule has 0 spiro atoms. The van der Waals surface area contributed by atoms with Crippen molar-refractivity contribution < 1.29 is 0 Å². The summed E-state index contributed by atoms with van der Waals surface area (Å²) in [6.45, 7) is 5.98. The number of nitrogens with two attached hydrogens (primary N) is 1. The molecule has 0 radical (unpaired) electrons. The minimum absolute atomic E-state index is 0.675. The zero-order valence-electron chi connectivity index (χ0n) is 7.92. The van der Waals surface area contributed by atoms with Crippen molar-refractivity contribution in [1.29, 1.82) is 0 Å². The topological polar surface area (TPSA) is 26.0 Å². The molecule has 0 aliphatic heterocycles. The zero-order chi connectivity index (χ0) is 8.97. The fraction of sp³-hybridized carbons (Fsp3) is 0.636. The molecule has 2 N–H and O–H groups in total. The van der Waals surface area contributed by atoms with Crippen LogP contribution in [0.5, 0.6) is 0 Å². The smallest absolute Gasteiger partial charge is 0.00454 e. The predicted molar refractivity (Wildman–Crippen MR) is 53.6 cm³/mol. The van der Waals surface area contributed by atoms with E-state index in [0.29, 0.717) is 5.92 Å². The van der Waals surface area contributed by atoms with Crippen LogP contribution in [-0.2, 0) is 0 Å². The molecule has 0 fully saturated rings. The molecule has 2 unspecified atom stereocenters. The van der Waals surface area contributed by atoms with Crippen LogP contribution in [0, 0.1) is 11.8 Å². The van der Waals surface area contributed by atoms with E-state index < -0.39 is 0 Å². The van der Waals surface area contributed by atoms with Crippen LogP contribution in [0.4, 0.5) is 0 Å². The Labute approximate surface area is 75.3 Å². The van der Waals surface area contributed by atoms with Crippen LogP contribution in [0.15, 0.2) is 24.4 Å². The van der Waals surface area contributed by atoms with E-state index in [0.717, 1.165) is 24.5 Å². The van der Waals surface area contributed by atoms with Gasteiger partial charge in [0.05, 0.1) is 0 Å². The minimum atomic E-state index is 0.675. The second-order valence-corrected chi connectivity index (χ2v) is 3.89. The van der Waals surface area contributed by atoms with Gasteiger partial charge in [0.15, 0.2) is 0 Å². The molecule has 0 heterocycles. The van der Waals surface area contributed by atoms with Crippen LogP contribution in [0.25, 0.3) is 0 Å². The molecule has 1 rings (SSSR count). The summed E-state index contributed by atoms with van der Waals surface area (Å²) in [6, 6.07) is 0. The summed E-state index contributed by atoms with van der Waals surface area (Å²) >= 11 is 0. The molecule has 0 bridgehead atoms. The fourth-order valence-electron chi connectivity index (χ4n) is 2.02.